The van der Waals surface area contributed by atoms with E-state index in [1.54, 1.807) is 60.3 Å². The average molecular weight is 557 g/mol. The Labute approximate surface area is 225 Å². The largest absolute Gasteiger partial charge is 0.378 e. The molecule has 2 heterocycles. The van der Waals surface area contributed by atoms with Crippen LogP contribution in [0.25, 0.3) is 0 Å². The van der Waals surface area contributed by atoms with Crippen LogP contribution in [0.4, 0.5) is 10.3 Å². The molecular formula is C24H24N6O4S3. The Bertz CT molecular complexity index is 1200. The van der Waals surface area contributed by atoms with E-state index in [2.05, 4.69) is 31.0 Å². The van der Waals surface area contributed by atoms with Crippen molar-refractivity contribution >= 4 is 56.5 Å². The molecule has 0 saturated heterocycles. The molecule has 0 spiro atoms. The van der Waals surface area contributed by atoms with E-state index in [9.17, 15) is 19.8 Å². The smallest absolute Gasteiger partial charge is 0.259 e. The van der Waals surface area contributed by atoms with Gasteiger partial charge in [0, 0.05) is 12.8 Å². The van der Waals surface area contributed by atoms with Crippen molar-refractivity contribution in [2.24, 2.45) is 0 Å². The summed E-state index contributed by atoms with van der Waals surface area (Å²) in [7, 11) is 0. The molecule has 4 rings (SSSR count). The van der Waals surface area contributed by atoms with Crippen LogP contribution in [0.15, 0.2) is 60.7 Å². The normalized spacial score (nSPS) is 12.6. The maximum atomic E-state index is 12.2. The van der Waals surface area contributed by atoms with Gasteiger partial charge in [-0.3, -0.25) is 20.2 Å². The monoisotopic (exact) mass is 556 g/mol. The lowest BCUT2D eigenvalue weighted by molar-refractivity contribution is -0.124. The molecule has 0 radical (unpaired) electrons. The highest BCUT2D eigenvalue weighted by atomic mass is 32.2. The third-order valence-corrected chi connectivity index (χ3v) is 7.82. The van der Waals surface area contributed by atoms with Crippen molar-refractivity contribution in [1.82, 2.24) is 20.4 Å². The molecule has 4 N–H and O–H groups in total. The number of benzene rings is 2. The minimum absolute atomic E-state index is 0.348. The number of aromatic nitrogens is 4. The summed E-state index contributed by atoms with van der Waals surface area (Å²) < 4.78 is 0. The molecule has 2 aromatic carbocycles. The summed E-state index contributed by atoms with van der Waals surface area (Å²) in [6.45, 7) is 0. The van der Waals surface area contributed by atoms with Crippen LogP contribution < -0.4 is 10.6 Å². The van der Waals surface area contributed by atoms with Gasteiger partial charge >= 0.3 is 0 Å². The first kappa shape index (κ1) is 26.8. The molecule has 2 aromatic heterocycles. The lowest BCUT2D eigenvalue weighted by Gasteiger charge is -2.09. The zero-order chi connectivity index (χ0) is 26.0. The van der Waals surface area contributed by atoms with E-state index >= 15 is 0 Å². The highest BCUT2D eigenvalue weighted by molar-refractivity contribution is 7.99. The van der Waals surface area contributed by atoms with Crippen molar-refractivity contribution in [1.29, 1.82) is 0 Å². The summed E-state index contributed by atoms with van der Waals surface area (Å²) in [5.41, 5.74) is 1.02. The van der Waals surface area contributed by atoms with E-state index in [1.165, 1.54) is 22.7 Å². The number of aryl methyl sites for hydroxylation is 2. The Morgan fingerprint density at radius 3 is 1.51 bits per heavy atom. The van der Waals surface area contributed by atoms with Crippen molar-refractivity contribution in [2.75, 3.05) is 22.1 Å². The SMILES string of the molecule is O=C(Nc1nnc(CCSCCc2nnc(NC(=O)[C@H](O)c3ccccc3)s2)s1)[C@H](O)c1ccccc1. The Morgan fingerprint density at radius 1 is 0.703 bits per heavy atom. The van der Waals surface area contributed by atoms with Gasteiger partial charge in [0.1, 0.15) is 10.0 Å². The van der Waals surface area contributed by atoms with E-state index < -0.39 is 24.0 Å². The summed E-state index contributed by atoms with van der Waals surface area (Å²) in [6.07, 6.45) is -1.16. The molecule has 0 aliphatic rings. The number of hydrogen-bond donors (Lipinski definition) is 4. The maximum Gasteiger partial charge on any atom is 0.259 e. The van der Waals surface area contributed by atoms with E-state index in [0.717, 1.165) is 21.5 Å². The summed E-state index contributed by atoms with van der Waals surface area (Å²) in [5.74, 6) is 0.512. The van der Waals surface area contributed by atoms with Gasteiger partial charge in [0.15, 0.2) is 12.2 Å². The molecule has 0 bridgehead atoms. The van der Waals surface area contributed by atoms with Gasteiger partial charge in [0.05, 0.1) is 0 Å². The molecule has 0 aliphatic carbocycles. The Hall–Kier alpha value is -3.23. The third-order valence-electron chi connectivity index (χ3n) is 5.04. The average Bonchev–Trinajstić information content (AvgIpc) is 3.57. The molecule has 2 atom stereocenters. The highest BCUT2D eigenvalue weighted by Crippen LogP contribution is 2.22. The second kappa shape index (κ2) is 13.4. The van der Waals surface area contributed by atoms with E-state index in [-0.39, 0.29) is 0 Å². The van der Waals surface area contributed by atoms with Crippen LogP contribution in [0.5, 0.6) is 0 Å². The van der Waals surface area contributed by atoms with Crippen molar-refractivity contribution in [3.8, 4) is 0 Å². The van der Waals surface area contributed by atoms with Crippen LogP contribution in [0.2, 0.25) is 0 Å². The number of carbonyl (C=O) groups is 2. The number of aliphatic hydroxyl groups is 2. The standard InChI is InChI=1S/C24H24N6O4S3/c31-19(15-7-3-1-4-8-15)21(33)25-23-29-27-17(36-23)11-13-35-14-12-18-28-30-24(37-18)26-22(34)20(32)16-9-5-2-6-10-16/h1-10,19-20,31-32H,11-14H2,(H,25,29,33)(H,26,30,34)/t19-,20-/m1/s1. The molecule has 10 nitrogen and oxygen atoms in total. The maximum absolute atomic E-state index is 12.2. The van der Waals surface area contributed by atoms with E-state index in [1.807, 2.05) is 12.1 Å². The first-order chi connectivity index (χ1) is 18.0. The molecule has 2 amide bonds. The van der Waals surface area contributed by atoms with Gasteiger partial charge in [-0.15, -0.1) is 20.4 Å². The lowest BCUT2D eigenvalue weighted by Crippen LogP contribution is -2.20. The fraction of sp³-hybridized carbons (Fsp3) is 0.250. The molecule has 0 fully saturated rings. The second-order valence-corrected chi connectivity index (χ2v) is 11.1. The van der Waals surface area contributed by atoms with Gasteiger partial charge in [-0.05, 0) is 22.6 Å². The van der Waals surface area contributed by atoms with E-state index in [4.69, 9.17) is 0 Å². The topological polar surface area (TPSA) is 150 Å². The van der Waals surface area contributed by atoms with Crippen LogP contribution in [-0.4, -0.2) is 53.9 Å². The van der Waals surface area contributed by atoms with Gasteiger partial charge in [-0.1, -0.05) is 83.3 Å². The molecule has 13 heteroatoms. The van der Waals surface area contributed by atoms with Gasteiger partial charge in [0.2, 0.25) is 10.3 Å². The number of rotatable bonds is 12. The highest BCUT2D eigenvalue weighted by Gasteiger charge is 2.20. The van der Waals surface area contributed by atoms with Crippen LogP contribution in [0.3, 0.4) is 0 Å². The van der Waals surface area contributed by atoms with Crippen LogP contribution in [0, 0.1) is 0 Å². The molecule has 0 saturated carbocycles. The molecule has 0 unspecified atom stereocenters. The van der Waals surface area contributed by atoms with Crippen LogP contribution in [0.1, 0.15) is 33.4 Å². The van der Waals surface area contributed by atoms with Crippen LogP contribution >= 0.6 is 34.4 Å². The predicted octanol–water partition coefficient (Wildman–Crippen LogP) is 3.25. The van der Waals surface area contributed by atoms with Gasteiger partial charge < -0.3 is 10.2 Å². The lowest BCUT2D eigenvalue weighted by atomic mass is 10.1. The van der Waals surface area contributed by atoms with Gasteiger partial charge in [-0.2, -0.15) is 11.8 Å². The van der Waals surface area contributed by atoms with Crippen molar-refractivity contribution in [2.45, 2.75) is 25.0 Å². The Morgan fingerprint density at radius 2 is 1.11 bits per heavy atom. The predicted molar refractivity (Wildman–Crippen MR) is 145 cm³/mol. The number of nitrogens with zero attached hydrogens (tertiary/aromatic N) is 4. The van der Waals surface area contributed by atoms with Crippen molar-refractivity contribution < 1.29 is 19.8 Å². The minimum Gasteiger partial charge on any atom is -0.378 e. The Balaban J connectivity index is 1.14. The fourth-order valence-electron chi connectivity index (χ4n) is 3.15. The first-order valence-electron chi connectivity index (χ1n) is 11.3. The first-order valence-corrected chi connectivity index (χ1v) is 14.1. The third kappa shape index (κ3) is 7.87. The summed E-state index contributed by atoms with van der Waals surface area (Å²) in [5, 5.41) is 44.0. The molecule has 0 aliphatic heterocycles. The molecule has 4 aromatic rings. The fourth-order valence-corrected chi connectivity index (χ4v) is 5.77. The number of amides is 2. The zero-order valence-corrected chi connectivity index (χ0v) is 21.9. The Kier molecular flexibility index (Phi) is 9.68. The molecular weight excluding hydrogens is 533 g/mol. The molecule has 37 heavy (non-hydrogen) atoms. The molecule has 192 valence electrons. The number of hydrogen-bond acceptors (Lipinski definition) is 11. The summed E-state index contributed by atoms with van der Waals surface area (Å²) in [6, 6.07) is 17.4. The number of nitrogens with one attached hydrogen (secondary N) is 2. The number of thioether (sulfide) groups is 1. The van der Waals surface area contributed by atoms with Gasteiger partial charge in [0.25, 0.3) is 11.8 Å². The van der Waals surface area contributed by atoms with E-state index in [0.29, 0.717) is 34.2 Å². The number of carbonyl (C=O) groups excluding carboxylic acids is 2. The van der Waals surface area contributed by atoms with Crippen molar-refractivity contribution in [3.05, 3.63) is 81.8 Å². The summed E-state index contributed by atoms with van der Waals surface area (Å²) >= 11 is 4.27. The van der Waals surface area contributed by atoms with Crippen molar-refractivity contribution in [3.63, 3.8) is 0 Å². The van der Waals surface area contributed by atoms with Gasteiger partial charge in [-0.25, -0.2) is 0 Å². The number of anilines is 2. The summed E-state index contributed by atoms with van der Waals surface area (Å²) in [4.78, 5) is 24.5. The second-order valence-electron chi connectivity index (χ2n) is 7.72. The minimum atomic E-state index is -1.27. The number of aliphatic hydroxyl groups excluding tert-OH is 2. The quantitative estimate of drug-likeness (QED) is 0.193. The zero-order valence-electron chi connectivity index (χ0n) is 19.5. The van der Waals surface area contributed by atoms with Crippen LogP contribution in [-0.2, 0) is 22.4 Å².